The van der Waals surface area contributed by atoms with Crippen LogP contribution in [-0.4, -0.2) is 10.1 Å². The van der Waals surface area contributed by atoms with Gasteiger partial charge in [-0.15, -0.1) is 0 Å². The highest BCUT2D eigenvalue weighted by molar-refractivity contribution is 5.10. The van der Waals surface area contributed by atoms with Crippen LogP contribution in [-0.2, 0) is 5.54 Å². The number of hydrogen-bond donors (Lipinski definition) is 1. The minimum Gasteiger partial charge on any atom is -0.339 e. The molecular weight excluding hydrogens is 226 g/mol. The summed E-state index contributed by atoms with van der Waals surface area (Å²) in [6, 6.07) is 0. The molecule has 0 bridgehead atoms. The molecule has 2 atom stereocenters. The lowest BCUT2D eigenvalue weighted by Gasteiger charge is -2.37. The third-order valence-electron chi connectivity index (χ3n) is 4.58. The maximum Gasteiger partial charge on any atom is 0.229 e. The van der Waals surface area contributed by atoms with E-state index in [0.29, 0.717) is 17.8 Å². The van der Waals surface area contributed by atoms with Gasteiger partial charge in [-0.1, -0.05) is 31.8 Å². The fourth-order valence-electron chi connectivity index (χ4n) is 3.06. The summed E-state index contributed by atoms with van der Waals surface area (Å²) in [5.74, 6) is 3.44. The van der Waals surface area contributed by atoms with Gasteiger partial charge in [0.25, 0.3) is 0 Å². The predicted octanol–water partition coefficient (Wildman–Crippen LogP) is 2.95. The summed E-state index contributed by atoms with van der Waals surface area (Å²) < 4.78 is 5.36. The molecule has 2 aliphatic rings. The summed E-state index contributed by atoms with van der Waals surface area (Å²) in [6.07, 6.45) is 6.81. The molecule has 2 unspecified atom stereocenters. The zero-order valence-electron chi connectivity index (χ0n) is 11.4. The summed E-state index contributed by atoms with van der Waals surface area (Å²) >= 11 is 0. The molecule has 2 fully saturated rings. The van der Waals surface area contributed by atoms with Crippen molar-refractivity contribution in [3.05, 3.63) is 11.7 Å². The van der Waals surface area contributed by atoms with E-state index >= 15 is 0 Å². The SMILES string of the molecule is CC(C)C1CCCC(N)(c2noc(C3CC3)n2)C1. The van der Waals surface area contributed by atoms with Crippen molar-refractivity contribution in [1.29, 1.82) is 0 Å². The number of hydrogen-bond acceptors (Lipinski definition) is 4. The largest absolute Gasteiger partial charge is 0.339 e. The molecule has 1 heterocycles. The van der Waals surface area contributed by atoms with Crippen molar-refractivity contribution in [2.45, 2.75) is 63.8 Å². The highest BCUT2D eigenvalue weighted by Gasteiger charge is 2.40. The molecule has 1 aromatic rings. The average Bonchev–Trinajstić information content (AvgIpc) is 3.06. The van der Waals surface area contributed by atoms with Gasteiger partial charge in [0.15, 0.2) is 5.82 Å². The molecule has 2 aliphatic carbocycles. The van der Waals surface area contributed by atoms with E-state index in [1.54, 1.807) is 0 Å². The lowest BCUT2D eigenvalue weighted by Crippen LogP contribution is -2.43. The van der Waals surface area contributed by atoms with Gasteiger partial charge in [0.2, 0.25) is 5.89 Å². The van der Waals surface area contributed by atoms with Gasteiger partial charge in [-0.3, -0.25) is 0 Å². The van der Waals surface area contributed by atoms with Gasteiger partial charge in [-0.05, 0) is 37.5 Å². The van der Waals surface area contributed by atoms with Crippen molar-refractivity contribution in [2.75, 3.05) is 0 Å². The third-order valence-corrected chi connectivity index (χ3v) is 4.58. The van der Waals surface area contributed by atoms with Gasteiger partial charge in [-0.2, -0.15) is 4.98 Å². The molecule has 0 aromatic carbocycles. The Kier molecular flexibility index (Phi) is 2.93. The van der Waals surface area contributed by atoms with Crippen LogP contribution in [0, 0.1) is 11.8 Å². The average molecular weight is 249 g/mol. The zero-order valence-corrected chi connectivity index (χ0v) is 11.4. The van der Waals surface area contributed by atoms with Crippen LogP contribution in [0.1, 0.15) is 70.0 Å². The first kappa shape index (κ1) is 12.2. The molecule has 0 saturated heterocycles. The molecule has 0 radical (unpaired) electrons. The minimum absolute atomic E-state index is 0.357. The fourth-order valence-corrected chi connectivity index (χ4v) is 3.06. The number of rotatable bonds is 3. The zero-order chi connectivity index (χ0) is 12.8. The van der Waals surface area contributed by atoms with Crippen molar-refractivity contribution < 1.29 is 4.52 Å². The summed E-state index contributed by atoms with van der Waals surface area (Å²) in [7, 11) is 0. The molecule has 0 amide bonds. The first-order chi connectivity index (χ1) is 8.58. The van der Waals surface area contributed by atoms with Crippen LogP contribution in [0.25, 0.3) is 0 Å². The monoisotopic (exact) mass is 249 g/mol. The highest BCUT2D eigenvalue weighted by Crippen LogP contribution is 2.42. The molecule has 0 spiro atoms. The fraction of sp³-hybridized carbons (Fsp3) is 0.857. The number of aromatic nitrogens is 2. The van der Waals surface area contributed by atoms with E-state index in [-0.39, 0.29) is 5.54 Å². The molecule has 3 rings (SSSR count). The van der Waals surface area contributed by atoms with Crippen molar-refractivity contribution in [3.8, 4) is 0 Å². The Hall–Kier alpha value is -0.900. The normalized spacial score (nSPS) is 33.0. The second kappa shape index (κ2) is 4.34. The van der Waals surface area contributed by atoms with Gasteiger partial charge in [-0.25, -0.2) is 0 Å². The summed E-state index contributed by atoms with van der Waals surface area (Å²) in [5.41, 5.74) is 6.20. The minimum atomic E-state index is -0.357. The summed E-state index contributed by atoms with van der Waals surface area (Å²) in [6.45, 7) is 4.56. The quantitative estimate of drug-likeness (QED) is 0.894. The van der Waals surface area contributed by atoms with Crippen LogP contribution in [0.4, 0.5) is 0 Å². The third kappa shape index (κ3) is 2.18. The van der Waals surface area contributed by atoms with Crippen LogP contribution < -0.4 is 5.73 Å². The number of nitrogens with zero attached hydrogens (tertiary/aromatic N) is 2. The van der Waals surface area contributed by atoms with E-state index in [2.05, 4.69) is 24.0 Å². The van der Waals surface area contributed by atoms with Crippen LogP contribution in [0.5, 0.6) is 0 Å². The molecule has 4 nitrogen and oxygen atoms in total. The Morgan fingerprint density at radius 1 is 1.33 bits per heavy atom. The Bertz CT molecular complexity index is 424. The van der Waals surface area contributed by atoms with Crippen molar-refractivity contribution >= 4 is 0 Å². The van der Waals surface area contributed by atoms with Crippen molar-refractivity contribution in [3.63, 3.8) is 0 Å². The summed E-state index contributed by atoms with van der Waals surface area (Å²) in [5, 5.41) is 4.16. The van der Waals surface area contributed by atoms with Gasteiger partial charge in [0.05, 0.1) is 5.54 Å². The topological polar surface area (TPSA) is 64.9 Å². The molecule has 0 aliphatic heterocycles. The molecule has 100 valence electrons. The lowest BCUT2D eigenvalue weighted by atomic mass is 9.72. The molecule has 2 N–H and O–H groups in total. The second-order valence-corrected chi connectivity index (χ2v) is 6.49. The predicted molar refractivity (Wildman–Crippen MR) is 68.9 cm³/mol. The lowest BCUT2D eigenvalue weighted by molar-refractivity contribution is 0.173. The van der Waals surface area contributed by atoms with E-state index < -0.39 is 0 Å². The molecular formula is C14H23N3O. The van der Waals surface area contributed by atoms with E-state index in [1.165, 1.54) is 25.7 Å². The van der Waals surface area contributed by atoms with Crippen LogP contribution in [0.15, 0.2) is 4.52 Å². The Morgan fingerprint density at radius 3 is 2.78 bits per heavy atom. The van der Waals surface area contributed by atoms with Gasteiger partial charge < -0.3 is 10.3 Å². The standard InChI is InChI=1S/C14H23N3O/c1-9(2)11-4-3-7-14(15,8-11)13-16-12(18-17-13)10-5-6-10/h9-11H,3-8,15H2,1-2H3. The van der Waals surface area contributed by atoms with E-state index in [9.17, 15) is 0 Å². The van der Waals surface area contributed by atoms with Crippen molar-refractivity contribution in [1.82, 2.24) is 10.1 Å². The maximum absolute atomic E-state index is 6.56. The van der Waals surface area contributed by atoms with Crippen LogP contribution >= 0.6 is 0 Å². The Balaban J connectivity index is 1.79. The number of nitrogens with two attached hydrogens (primary N) is 1. The maximum atomic E-state index is 6.56. The van der Waals surface area contributed by atoms with Crippen LogP contribution in [0.2, 0.25) is 0 Å². The van der Waals surface area contributed by atoms with E-state index in [1.807, 2.05) is 0 Å². The molecule has 18 heavy (non-hydrogen) atoms. The summed E-state index contributed by atoms with van der Waals surface area (Å²) in [4.78, 5) is 4.56. The van der Waals surface area contributed by atoms with E-state index in [4.69, 9.17) is 10.3 Å². The smallest absolute Gasteiger partial charge is 0.229 e. The second-order valence-electron chi connectivity index (χ2n) is 6.49. The van der Waals surface area contributed by atoms with E-state index in [0.717, 1.165) is 24.6 Å². The first-order valence-corrected chi connectivity index (χ1v) is 7.21. The highest BCUT2D eigenvalue weighted by atomic mass is 16.5. The van der Waals surface area contributed by atoms with Crippen LogP contribution in [0.3, 0.4) is 0 Å². The Labute approximate surface area is 108 Å². The van der Waals surface area contributed by atoms with Gasteiger partial charge in [0, 0.05) is 5.92 Å². The van der Waals surface area contributed by atoms with Gasteiger partial charge >= 0.3 is 0 Å². The Morgan fingerprint density at radius 2 is 2.11 bits per heavy atom. The van der Waals surface area contributed by atoms with Gasteiger partial charge in [0.1, 0.15) is 0 Å². The molecule has 2 saturated carbocycles. The first-order valence-electron chi connectivity index (χ1n) is 7.21. The molecule has 4 heteroatoms. The van der Waals surface area contributed by atoms with Crippen molar-refractivity contribution in [2.24, 2.45) is 17.6 Å². The molecule has 1 aromatic heterocycles.